The van der Waals surface area contributed by atoms with Gasteiger partial charge in [-0.1, -0.05) is 30.3 Å². The van der Waals surface area contributed by atoms with E-state index in [0.29, 0.717) is 5.92 Å². The Kier molecular flexibility index (Phi) is 4.87. The molecule has 3 nitrogen and oxygen atoms in total. The monoisotopic (exact) mass is 311 g/mol. The van der Waals surface area contributed by atoms with Gasteiger partial charge < -0.3 is 14.4 Å². The van der Waals surface area contributed by atoms with Crippen LogP contribution in [0.3, 0.4) is 0 Å². The summed E-state index contributed by atoms with van der Waals surface area (Å²) in [6.45, 7) is 2.14. The molecule has 0 N–H and O–H groups in total. The molecule has 3 rings (SSSR count). The second-order valence-corrected chi connectivity index (χ2v) is 6.24. The first-order valence-electron chi connectivity index (χ1n) is 8.21. The summed E-state index contributed by atoms with van der Waals surface area (Å²) in [6, 6.07) is 15.1. The van der Waals surface area contributed by atoms with E-state index in [1.807, 2.05) is 0 Å². The third kappa shape index (κ3) is 3.35. The van der Waals surface area contributed by atoms with Crippen molar-refractivity contribution in [3.8, 4) is 11.5 Å². The van der Waals surface area contributed by atoms with Gasteiger partial charge in [0.15, 0.2) is 11.5 Å². The van der Waals surface area contributed by atoms with Crippen LogP contribution in [0.25, 0.3) is 0 Å². The molecule has 0 aromatic heterocycles. The van der Waals surface area contributed by atoms with Gasteiger partial charge in [0.1, 0.15) is 0 Å². The number of hydrogen-bond donors (Lipinski definition) is 0. The van der Waals surface area contributed by atoms with Crippen molar-refractivity contribution in [2.75, 3.05) is 34.4 Å². The molecule has 2 aromatic carbocycles. The van der Waals surface area contributed by atoms with Crippen molar-refractivity contribution in [3.05, 3.63) is 59.2 Å². The largest absolute Gasteiger partial charge is 0.493 e. The normalized spacial score (nSPS) is 18.7. The molecule has 122 valence electrons. The van der Waals surface area contributed by atoms with Crippen molar-refractivity contribution in [3.63, 3.8) is 0 Å². The van der Waals surface area contributed by atoms with Crippen LogP contribution in [0, 0.1) is 0 Å². The average molecular weight is 311 g/mol. The van der Waals surface area contributed by atoms with Gasteiger partial charge >= 0.3 is 0 Å². The molecule has 23 heavy (non-hydrogen) atoms. The number of ether oxygens (including phenoxy) is 2. The minimum Gasteiger partial charge on any atom is -0.493 e. The fourth-order valence-electron chi connectivity index (χ4n) is 3.49. The van der Waals surface area contributed by atoms with Crippen molar-refractivity contribution in [2.45, 2.75) is 18.8 Å². The Balaban J connectivity index is 2.12. The molecule has 0 amide bonds. The second kappa shape index (κ2) is 7.05. The summed E-state index contributed by atoms with van der Waals surface area (Å²) < 4.78 is 11.0. The van der Waals surface area contributed by atoms with Crippen LogP contribution in [0.4, 0.5) is 0 Å². The van der Waals surface area contributed by atoms with Crippen LogP contribution in [0.2, 0.25) is 0 Å². The summed E-state index contributed by atoms with van der Waals surface area (Å²) in [6.07, 6.45) is 2.24. The Labute approximate surface area is 138 Å². The molecule has 1 heterocycles. The van der Waals surface area contributed by atoms with Crippen molar-refractivity contribution >= 4 is 0 Å². The van der Waals surface area contributed by atoms with Gasteiger partial charge in [-0.15, -0.1) is 0 Å². The van der Waals surface area contributed by atoms with E-state index in [-0.39, 0.29) is 0 Å². The van der Waals surface area contributed by atoms with Gasteiger partial charge in [0.2, 0.25) is 0 Å². The van der Waals surface area contributed by atoms with Crippen molar-refractivity contribution in [1.29, 1.82) is 0 Å². The summed E-state index contributed by atoms with van der Waals surface area (Å²) in [5, 5.41) is 0. The fourth-order valence-corrected chi connectivity index (χ4v) is 3.49. The fraction of sp³-hybridized carbons (Fsp3) is 0.400. The maximum absolute atomic E-state index is 5.55. The molecule has 0 radical (unpaired) electrons. The van der Waals surface area contributed by atoms with E-state index in [0.717, 1.165) is 31.0 Å². The van der Waals surface area contributed by atoms with Crippen LogP contribution in [0.15, 0.2) is 42.5 Å². The Morgan fingerprint density at radius 1 is 1.00 bits per heavy atom. The lowest BCUT2D eigenvalue weighted by Gasteiger charge is -2.30. The number of aryl methyl sites for hydroxylation is 1. The molecular formula is C20H25NO2. The third-order valence-corrected chi connectivity index (χ3v) is 4.70. The SMILES string of the molecule is COc1cc2c(cc1OC)C(c1ccccc1)CN(C)CCC2. The van der Waals surface area contributed by atoms with E-state index < -0.39 is 0 Å². The molecule has 0 fully saturated rings. The third-order valence-electron chi connectivity index (χ3n) is 4.70. The van der Waals surface area contributed by atoms with Crippen LogP contribution in [-0.4, -0.2) is 39.3 Å². The van der Waals surface area contributed by atoms with Crippen LogP contribution in [-0.2, 0) is 6.42 Å². The van der Waals surface area contributed by atoms with Gasteiger partial charge in [-0.25, -0.2) is 0 Å². The zero-order valence-electron chi connectivity index (χ0n) is 14.2. The summed E-state index contributed by atoms with van der Waals surface area (Å²) in [5.41, 5.74) is 4.10. The summed E-state index contributed by atoms with van der Waals surface area (Å²) in [4.78, 5) is 2.43. The van der Waals surface area contributed by atoms with E-state index in [4.69, 9.17) is 9.47 Å². The lowest BCUT2D eigenvalue weighted by atomic mass is 9.85. The number of rotatable bonds is 3. The van der Waals surface area contributed by atoms with Gasteiger partial charge in [0.05, 0.1) is 14.2 Å². The van der Waals surface area contributed by atoms with Crippen LogP contribution < -0.4 is 9.47 Å². The topological polar surface area (TPSA) is 21.7 Å². The van der Waals surface area contributed by atoms with Gasteiger partial charge in [0.25, 0.3) is 0 Å². The molecule has 1 aliphatic heterocycles. The highest BCUT2D eigenvalue weighted by atomic mass is 16.5. The molecule has 0 spiro atoms. The zero-order chi connectivity index (χ0) is 16.2. The predicted molar refractivity (Wildman–Crippen MR) is 93.6 cm³/mol. The van der Waals surface area contributed by atoms with Crippen LogP contribution >= 0.6 is 0 Å². The Hall–Kier alpha value is -2.00. The van der Waals surface area contributed by atoms with Crippen LogP contribution in [0.1, 0.15) is 29.0 Å². The highest BCUT2D eigenvalue weighted by molar-refractivity contribution is 5.51. The van der Waals surface area contributed by atoms with E-state index >= 15 is 0 Å². The molecule has 1 atom stereocenters. The number of methoxy groups -OCH3 is 2. The van der Waals surface area contributed by atoms with Crippen molar-refractivity contribution < 1.29 is 9.47 Å². The Bertz CT molecular complexity index is 654. The van der Waals surface area contributed by atoms with Crippen LogP contribution in [0.5, 0.6) is 11.5 Å². The molecular weight excluding hydrogens is 286 g/mol. The Morgan fingerprint density at radius 2 is 1.70 bits per heavy atom. The summed E-state index contributed by atoms with van der Waals surface area (Å²) >= 11 is 0. The Morgan fingerprint density at radius 3 is 2.39 bits per heavy atom. The summed E-state index contributed by atoms with van der Waals surface area (Å²) in [7, 11) is 5.62. The summed E-state index contributed by atoms with van der Waals surface area (Å²) in [5.74, 6) is 2.00. The first-order chi connectivity index (χ1) is 11.2. The first kappa shape index (κ1) is 15.9. The van der Waals surface area contributed by atoms with Crippen molar-refractivity contribution in [1.82, 2.24) is 4.90 Å². The first-order valence-corrected chi connectivity index (χ1v) is 8.21. The number of nitrogens with zero attached hydrogens (tertiary/aromatic N) is 1. The van der Waals surface area contributed by atoms with E-state index in [9.17, 15) is 0 Å². The molecule has 0 saturated carbocycles. The maximum Gasteiger partial charge on any atom is 0.161 e. The predicted octanol–water partition coefficient (Wildman–Crippen LogP) is 3.71. The quantitative estimate of drug-likeness (QED) is 0.862. The smallest absolute Gasteiger partial charge is 0.161 e. The maximum atomic E-state index is 5.55. The number of fused-ring (bicyclic) bond motifs is 1. The highest BCUT2D eigenvalue weighted by Crippen LogP contribution is 2.38. The molecule has 1 unspecified atom stereocenters. The van der Waals surface area contributed by atoms with Gasteiger partial charge in [-0.05, 0) is 55.3 Å². The zero-order valence-corrected chi connectivity index (χ0v) is 14.2. The lowest BCUT2D eigenvalue weighted by molar-refractivity contribution is 0.310. The number of hydrogen-bond acceptors (Lipinski definition) is 3. The molecule has 0 saturated heterocycles. The van der Waals surface area contributed by atoms with E-state index in [1.54, 1.807) is 14.2 Å². The minimum absolute atomic E-state index is 0.358. The number of benzene rings is 2. The molecule has 2 aromatic rings. The molecule has 0 bridgehead atoms. The average Bonchev–Trinajstić information content (AvgIpc) is 2.58. The second-order valence-electron chi connectivity index (χ2n) is 6.24. The lowest BCUT2D eigenvalue weighted by Crippen LogP contribution is -2.29. The number of likely N-dealkylation sites (N-methyl/N-ethyl adjacent to an activating group) is 1. The standard InChI is InChI=1S/C20H25NO2/c1-21-11-7-10-16-12-19(22-2)20(23-3)13-17(16)18(14-21)15-8-5-4-6-9-15/h4-6,8-9,12-13,18H,7,10-11,14H2,1-3H3. The van der Waals surface area contributed by atoms with Gasteiger partial charge in [0, 0.05) is 12.5 Å². The molecule has 1 aliphatic rings. The molecule has 3 heteroatoms. The highest BCUT2D eigenvalue weighted by Gasteiger charge is 2.23. The van der Waals surface area contributed by atoms with Gasteiger partial charge in [-0.2, -0.15) is 0 Å². The van der Waals surface area contributed by atoms with Gasteiger partial charge in [-0.3, -0.25) is 0 Å². The van der Waals surface area contributed by atoms with E-state index in [1.165, 1.54) is 23.1 Å². The van der Waals surface area contributed by atoms with E-state index in [2.05, 4.69) is 54.4 Å². The van der Waals surface area contributed by atoms with Crippen molar-refractivity contribution in [2.24, 2.45) is 0 Å². The molecule has 0 aliphatic carbocycles. The minimum atomic E-state index is 0.358.